The molecular weight excluding hydrogens is 376 g/mol. The Morgan fingerprint density at radius 2 is 1.76 bits per heavy atom. The highest BCUT2D eigenvalue weighted by atomic mass is 19.1. The lowest BCUT2D eigenvalue weighted by molar-refractivity contribution is -0.120. The van der Waals surface area contributed by atoms with Crippen LogP contribution >= 0.6 is 0 Å². The van der Waals surface area contributed by atoms with Crippen LogP contribution < -0.4 is 16.4 Å². The average molecular weight is 405 g/mol. The number of carbonyl (C=O) groups is 1. The molecule has 0 spiro atoms. The largest absolute Gasteiger partial charge is 0.390 e. The van der Waals surface area contributed by atoms with E-state index in [0.717, 1.165) is 18.1 Å². The Bertz CT molecular complexity index is 796. The number of carbonyl (C=O) groups excluding carboxylic acids is 1. The van der Waals surface area contributed by atoms with Gasteiger partial charge in [-0.15, -0.1) is 0 Å². The van der Waals surface area contributed by atoms with E-state index in [2.05, 4.69) is 29.7 Å². The van der Waals surface area contributed by atoms with Crippen LogP contribution in [0.2, 0.25) is 0 Å². The molecular formula is C22H29F2N3O2. The summed E-state index contributed by atoms with van der Waals surface area (Å²) in [4.78, 5) is 11.4. The lowest BCUT2D eigenvalue weighted by Gasteiger charge is -2.27. The van der Waals surface area contributed by atoms with Crippen LogP contribution in [0, 0.1) is 11.6 Å². The van der Waals surface area contributed by atoms with Crippen LogP contribution in [0.25, 0.3) is 0 Å². The van der Waals surface area contributed by atoms with Crippen molar-refractivity contribution in [1.29, 1.82) is 0 Å². The number of rotatable bonds is 11. The Morgan fingerprint density at radius 1 is 1.10 bits per heavy atom. The maximum absolute atomic E-state index is 13.5. The van der Waals surface area contributed by atoms with Crippen molar-refractivity contribution >= 4 is 5.91 Å². The van der Waals surface area contributed by atoms with E-state index >= 15 is 0 Å². The number of nitrogens with one attached hydrogen (secondary N) is 2. The molecule has 3 atom stereocenters. The normalized spacial score (nSPS) is 14.4. The van der Waals surface area contributed by atoms with Crippen molar-refractivity contribution in [3.8, 4) is 0 Å². The minimum Gasteiger partial charge on any atom is -0.390 e. The SMILES string of the molecule is CCc1cccc(CNC[C@@H](O)[C@H](Cc2cc(F)cc(F)c2)N[C@H](C)C(N)=O)c1. The second kappa shape index (κ2) is 11.0. The van der Waals surface area contributed by atoms with E-state index in [0.29, 0.717) is 12.1 Å². The van der Waals surface area contributed by atoms with Gasteiger partial charge in [0.1, 0.15) is 11.6 Å². The number of aliphatic hydroxyl groups excluding tert-OH is 1. The molecule has 2 aromatic carbocycles. The van der Waals surface area contributed by atoms with Crippen molar-refractivity contribution in [1.82, 2.24) is 10.6 Å². The van der Waals surface area contributed by atoms with Crippen molar-refractivity contribution < 1.29 is 18.7 Å². The number of hydrogen-bond acceptors (Lipinski definition) is 4. The van der Waals surface area contributed by atoms with Gasteiger partial charge in [0.2, 0.25) is 5.91 Å². The fourth-order valence-electron chi connectivity index (χ4n) is 3.16. The van der Waals surface area contributed by atoms with Gasteiger partial charge in [0.25, 0.3) is 0 Å². The van der Waals surface area contributed by atoms with E-state index in [1.807, 2.05) is 12.1 Å². The Hall–Kier alpha value is -2.35. The maximum Gasteiger partial charge on any atom is 0.234 e. The molecule has 5 nitrogen and oxygen atoms in total. The van der Waals surface area contributed by atoms with E-state index in [4.69, 9.17) is 5.73 Å². The van der Waals surface area contributed by atoms with E-state index in [1.54, 1.807) is 6.92 Å². The third-order valence-corrected chi connectivity index (χ3v) is 4.82. The molecule has 0 aliphatic rings. The summed E-state index contributed by atoms with van der Waals surface area (Å²) in [6, 6.07) is 10.0. The molecule has 0 aliphatic heterocycles. The van der Waals surface area contributed by atoms with E-state index in [1.165, 1.54) is 17.7 Å². The standard InChI is InChI=1S/C22H29F2N3O2/c1-3-15-5-4-6-16(7-15)12-26-13-21(28)20(27-14(2)22(25)29)10-17-8-18(23)11-19(24)9-17/h4-9,11,14,20-21,26-28H,3,10,12-13H2,1-2H3,(H2,25,29)/t14-,20+,21-/m1/s1. The number of amides is 1. The van der Waals surface area contributed by atoms with Gasteiger partial charge in [0.05, 0.1) is 12.1 Å². The molecule has 0 aliphatic carbocycles. The summed E-state index contributed by atoms with van der Waals surface area (Å²) in [7, 11) is 0. The first kappa shape index (κ1) is 22.9. The molecule has 29 heavy (non-hydrogen) atoms. The Kier molecular flexibility index (Phi) is 8.70. The van der Waals surface area contributed by atoms with Crippen molar-refractivity contribution in [2.24, 2.45) is 5.73 Å². The van der Waals surface area contributed by atoms with Gasteiger partial charge < -0.3 is 21.5 Å². The second-order valence-electron chi connectivity index (χ2n) is 7.25. The fraction of sp³-hybridized carbons (Fsp3) is 0.409. The molecule has 2 aromatic rings. The van der Waals surface area contributed by atoms with Gasteiger partial charge in [-0.25, -0.2) is 8.78 Å². The van der Waals surface area contributed by atoms with Crippen LogP contribution in [0.3, 0.4) is 0 Å². The zero-order valence-electron chi connectivity index (χ0n) is 16.8. The number of primary amides is 1. The third kappa shape index (κ3) is 7.53. The van der Waals surface area contributed by atoms with Crippen LogP contribution in [-0.2, 0) is 24.2 Å². The molecule has 0 heterocycles. The molecule has 0 bridgehead atoms. The monoisotopic (exact) mass is 405 g/mol. The van der Waals surface area contributed by atoms with Gasteiger partial charge in [-0.05, 0) is 48.6 Å². The molecule has 0 aromatic heterocycles. The average Bonchev–Trinajstić information content (AvgIpc) is 2.66. The molecule has 0 radical (unpaired) electrons. The highest BCUT2D eigenvalue weighted by Gasteiger charge is 2.23. The van der Waals surface area contributed by atoms with Crippen LogP contribution in [0.4, 0.5) is 8.78 Å². The van der Waals surface area contributed by atoms with Crippen molar-refractivity contribution in [3.05, 3.63) is 70.8 Å². The summed E-state index contributed by atoms with van der Waals surface area (Å²) in [5, 5.41) is 16.8. The minimum atomic E-state index is -0.905. The van der Waals surface area contributed by atoms with Crippen molar-refractivity contribution in [2.45, 2.75) is 51.4 Å². The highest BCUT2D eigenvalue weighted by molar-refractivity contribution is 5.79. The topological polar surface area (TPSA) is 87.4 Å². The van der Waals surface area contributed by atoms with E-state index in [-0.39, 0.29) is 13.0 Å². The smallest absolute Gasteiger partial charge is 0.234 e. The summed E-state index contributed by atoms with van der Waals surface area (Å²) in [5.74, 6) is -1.95. The molecule has 158 valence electrons. The van der Waals surface area contributed by atoms with Gasteiger partial charge in [0, 0.05) is 25.2 Å². The number of nitrogens with two attached hydrogens (primary N) is 1. The van der Waals surface area contributed by atoms with Crippen LogP contribution in [0.1, 0.15) is 30.5 Å². The number of hydrogen-bond donors (Lipinski definition) is 4. The van der Waals surface area contributed by atoms with Gasteiger partial charge in [-0.3, -0.25) is 4.79 Å². The molecule has 0 saturated carbocycles. The molecule has 0 fully saturated rings. The number of halogens is 2. The van der Waals surface area contributed by atoms with Crippen LogP contribution in [0.5, 0.6) is 0 Å². The van der Waals surface area contributed by atoms with Gasteiger partial charge in [-0.1, -0.05) is 31.2 Å². The molecule has 7 heteroatoms. The minimum absolute atomic E-state index is 0.139. The second-order valence-corrected chi connectivity index (χ2v) is 7.25. The van der Waals surface area contributed by atoms with Gasteiger partial charge in [0.15, 0.2) is 0 Å². The van der Waals surface area contributed by atoms with Gasteiger partial charge in [-0.2, -0.15) is 0 Å². The third-order valence-electron chi connectivity index (χ3n) is 4.82. The predicted molar refractivity (Wildman–Crippen MR) is 109 cm³/mol. The number of aliphatic hydroxyl groups is 1. The van der Waals surface area contributed by atoms with Crippen LogP contribution in [-0.4, -0.2) is 35.7 Å². The predicted octanol–water partition coefficient (Wildman–Crippen LogP) is 2.05. The molecule has 0 unspecified atom stereocenters. The lowest BCUT2D eigenvalue weighted by atomic mass is 9.99. The zero-order valence-corrected chi connectivity index (χ0v) is 16.8. The number of aryl methyl sites for hydroxylation is 1. The molecule has 1 amide bonds. The van der Waals surface area contributed by atoms with Crippen LogP contribution in [0.15, 0.2) is 42.5 Å². The molecule has 5 N–H and O–H groups in total. The highest BCUT2D eigenvalue weighted by Crippen LogP contribution is 2.13. The van der Waals surface area contributed by atoms with Crippen molar-refractivity contribution in [3.63, 3.8) is 0 Å². The first-order chi connectivity index (χ1) is 13.8. The van der Waals surface area contributed by atoms with Crippen molar-refractivity contribution in [2.75, 3.05) is 6.54 Å². The Labute approximate surface area is 170 Å². The number of benzene rings is 2. The summed E-state index contributed by atoms with van der Waals surface area (Å²) in [5.41, 5.74) is 8.02. The van der Waals surface area contributed by atoms with E-state index in [9.17, 15) is 18.7 Å². The first-order valence-electron chi connectivity index (χ1n) is 9.75. The summed E-state index contributed by atoms with van der Waals surface area (Å²) >= 11 is 0. The summed E-state index contributed by atoms with van der Waals surface area (Å²) < 4.78 is 27.0. The molecule has 0 saturated heterocycles. The fourth-order valence-corrected chi connectivity index (χ4v) is 3.16. The lowest BCUT2D eigenvalue weighted by Crippen LogP contribution is -2.52. The van der Waals surface area contributed by atoms with E-state index < -0.39 is 35.7 Å². The Balaban J connectivity index is 2.02. The summed E-state index contributed by atoms with van der Waals surface area (Å²) in [6.07, 6.45) is 0.176. The molecule has 2 rings (SSSR count). The Morgan fingerprint density at radius 3 is 2.38 bits per heavy atom. The summed E-state index contributed by atoms with van der Waals surface area (Å²) in [6.45, 7) is 4.47. The first-order valence-corrected chi connectivity index (χ1v) is 9.75. The zero-order chi connectivity index (χ0) is 21.4. The quantitative estimate of drug-likeness (QED) is 0.461. The maximum atomic E-state index is 13.5. The van der Waals surface area contributed by atoms with Gasteiger partial charge >= 0.3 is 0 Å².